The maximum Gasteiger partial charge on any atom is 0.453 e. The van der Waals surface area contributed by atoms with Gasteiger partial charge >= 0.3 is 24.0 Å². The second kappa shape index (κ2) is 15.6. The average Bonchev–Trinajstić information content (AvgIpc) is 2.94. The summed E-state index contributed by atoms with van der Waals surface area (Å²) in [4.78, 5) is 24.0. The van der Waals surface area contributed by atoms with Gasteiger partial charge in [0.25, 0.3) is 0 Å². The molecule has 0 aliphatic heterocycles. The van der Waals surface area contributed by atoms with Crippen molar-refractivity contribution in [1.82, 2.24) is 0 Å². The van der Waals surface area contributed by atoms with Gasteiger partial charge in [-0.3, -0.25) is 0 Å². The summed E-state index contributed by atoms with van der Waals surface area (Å²) in [5.74, 6) is -4.62. The predicted octanol–water partition coefficient (Wildman–Crippen LogP) is 7.21. The monoisotopic (exact) mass is 612 g/mol. The van der Waals surface area contributed by atoms with E-state index in [4.69, 9.17) is 25.7 Å². The Bertz CT molecular complexity index is 1210. The molecule has 0 heterocycles. The van der Waals surface area contributed by atoms with Crippen LogP contribution in [-0.4, -0.2) is 43.9 Å². The molecular formula is C31H37F5N2O5. The lowest BCUT2D eigenvalue weighted by atomic mass is 9.80. The Balaban J connectivity index is 1.27. The molecule has 0 bridgehead atoms. The van der Waals surface area contributed by atoms with Crippen LogP contribution in [0.25, 0.3) is 6.08 Å². The molecule has 1 aliphatic carbocycles. The van der Waals surface area contributed by atoms with Crippen molar-refractivity contribution in [1.29, 1.82) is 0 Å². The Hall–Kier alpha value is -3.83. The number of carbonyl (C=O) groups is 2. The SMILES string of the molecule is Nc1cc(N)cc(C(=O)OCCCOC(=O)C=Cc2ccc(OCC3CCC(CCCC(F)(F)C(F)(F)F)CC3)cc2)c1. The van der Waals surface area contributed by atoms with Gasteiger partial charge in [-0.05, 0) is 73.1 Å². The number of benzene rings is 2. The Morgan fingerprint density at radius 1 is 0.837 bits per heavy atom. The Morgan fingerprint density at radius 2 is 1.44 bits per heavy atom. The number of hydrogen-bond donors (Lipinski definition) is 2. The molecule has 2 aromatic rings. The Kier molecular flexibility index (Phi) is 12.2. The third-order valence-electron chi connectivity index (χ3n) is 7.24. The second-order valence-electron chi connectivity index (χ2n) is 10.7. The third-order valence-corrected chi connectivity index (χ3v) is 7.24. The molecule has 4 N–H and O–H groups in total. The number of alkyl halides is 5. The van der Waals surface area contributed by atoms with E-state index >= 15 is 0 Å². The number of carbonyl (C=O) groups excluding carboxylic acids is 2. The molecule has 0 amide bonds. The minimum atomic E-state index is -5.49. The van der Waals surface area contributed by atoms with Crippen LogP contribution < -0.4 is 16.2 Å². The normalized spacial score (nSPS) is 17.5. The number of nitrogen functional groups attached to an aromatic ring is 2. The molecule has 0 radical (unpaired) electrons. The van der Waals surface area contributed by atoms with Crippen LogP contribution in [-0.2, 0) is 14.3 Å². The van der Waals surface area contributed by atoms with Crippen molar-refractivity contribution >= 4 is 29.4 Å². The summed E-state index contributed by atoms with van der Waals surface area (Å²) in [6.45, 7) is 0.613. The summed E-state index contributed by atoms with van der Waals surface area (Å²) in [7, 11) is 0. The van der Waals surface area contributed by atoms with E-state index in [1.165, 1.54) is 24.3 Å². The largest absolute Gasteiger partial charge is 0.493 e. The molecule has 2 aromatic carbocycles. The number of anilines is 2. The number of hydrogen-bond acceptors (Lipinski definition) is 7. The number of nitrogens with two attached hydrogens (primary N) is 2. The van der Waals surface area contributed by atoms with Gasteiger partial charge in [-0.15, -0.1) is 0 Å². The van der Waals surface area contributed by atoms with Crippen LogP contribution in [0.5, 0.6) is 5.75 Å². The smallest absolute Gasteiger partial charge is 0.453 e. The number of ether oxygens (including phenoxy) is 3. The standard InChI is InChI=1S/C31H37F5N2O5/c32-30(33,31(34,35)36)14-1-3-21-4-6-23(7-5-21)20-43-27-11-8-22(9-12-27)10-13-28(39)41-15-2-16-42-29(40)24-17-25(37)19-26(38)18-24/h8-13,17-19,21,23H,1-7,14-16,20,37-38H2. The second-order valence-corrected chi connectivity index (χ2v) is 10.7. The average molecular weight is 613 g/mol. The minimum Gasteiger partial charge on any atom is -0.493 e. The third kappa shape index (κ3) is 11.4. The van der Waals surface area contributed by atoms with Crippen LogP contribution >= 0.6 is 0 Å². The Labute approximate surface area is 247 Å². The zero-order valence-electron chi connectivity index (χ0n) is 23.7. The van der Waals surface area contributed by atoms with Gasteiger partial charge in [0.05, 0.1) is 25.4 Å². The van der Waals surface area contributed by atoms with E-state index in [1.54, 1.807) is 30.3 Å². The highest BCUT2D eigenvalue weighted by molar-refractivity contribution is 5.91. The highest BCUT2D eigenvalue weighted by Gasteiger charge is 2.56. The summed E-state index contributed by atoms with van der Waals surface area (Å²) in [6, 6.07) is 11.6. The molecule has 43 heavy (non-hydrogen) atoms. The van der Waals surface area contributed by atoms with Crippen molar-refractivity contribution in [3.05, 3.63) is 59.7 Å². The van der Waals surface area contributed by atoms with Gasteiger partial charge in [0.1, 0.15) is 5.75 Å². The van der Waals surface area contributed by atoms with E-state index in [1.807, 2.05) is 0 Å². The topological polar surface area (TPSA) is 114 Å². The molecule has 12 heteroatoms. The Morgan fingerprint density at radius 3 is 2.07 bits per heavy atom. The zero-order chi connectivity index (χ0) is 31.5. The highest BCUT2D eigenvalue weighted by Crippen LogP contribution is 2.40. The van der Waals surface area contributed by atoms with E-state index in [0.29, 0.717) is 42.5 Å². The van der Waals surface area contributed by atoms with Crippen molar-refractivity contribution in [3.63, 3.8) is 0 Å². The van der Waals surface area contributed by atoms with Crippen molar-refractivity contribution in [2.45, 2.75) is 63.5 Å². The summed E-state index contributed by atoms with van der Waals surface area (Å²) in [5.41, 5.74) is 13.0. The predicted molar refractivity (Wildman–Crippen MR) is 152 cm³/mol. The molecule has 1 saturated carbocycles. The number of esters is 2. The van der Waals surface area contributed by atoms with Crippen LogP contribution in [0.3, 0.4) is 0 Å². The first-order valence-electron chi connectivity index (χ1n) is 14.2. The minimum absolute atomic E-state index is 0.0558. The van der Waals surface area contributed by atoms with E-state index in [-0.39, 0.29) is 31.1 Å². The quantitative estimate of drug-likeness (QED) is 0.0762. The van der Waals surface area contributed by atoms with Gasteiger partial charge in [-0.1, -0.05) is 31.4 Å². The highest BCUT2D eigenvalue weighted by atomic mass is 19.4. The first-order valence-corrected chi connectivity index (χ1v) is 14.2. The number of rotatable bonds is 14. The van der Waals surface area contributed by atoms with Gasteiger partial charge in [0.15, 0.2) is 0 Å². The molecular weight excluding hydrogens is 575 g/mol. The summed E-state index contributed by atoms with van der Waals surface area (Å²) in [6.07, 6.45) is 0.0405. The van der Waals surface area contributed by atoms with Gasteiger partial charge in [-0.2, -0.15) is 22.0 Å². The van der Waals surface area contributed by atoms with Crippen LogP contribution in [0, 0.1) is 11.8 Å². The van der Waals surface area contributed by atoms with Gasteiger partial charge in [0, 0.05) is 30.3 Å². The molecule has 0 saturated heterocycles. The molecule has 1 aliphatic rings. The maximum absolute atomic E-state index is 13.1. The molecule has 3 rings (SSSR count). The molecule has 0 unspecified atom stereocenters. The fourth-order valence-electron chi connectivity index (χ4n) is 4.82. The molecule has 0 atom stereocenters. The van der Waals surface area contributed by atoms with Crippen LogP contribution in [0.1, 0.15) is 67.3 Å². The molecule has 7 nitrogen and oxygen atoms in total. The molecule has 1 fully saturated rings. The zero-order valence-corrected chi connectivity index (χ0v) is 23.7. The van der Waals surface area contributed by atoms with Gasteiger partial charge < -0.3 is 25.7 Å². The van der Waals surface area contributed by atoms with E-state index < -0.39 is 30.5 Å². The fourth-order valence-corrected chi connectivity index (χ4v) is 4.82. The number of halogens is 5. The summed E-state index contributed by atoms with van der Waals surface area (Å²) in [5, 5.41) is 0. The van der Waals surface area contributed by atoms with Crippen LogP contribution in [0.4, 0.5) is 33.3 Å². The van der Waals surface area contributed by atoms with Crippen molar-refractivity contribution in [3.8, 4) is 5.75 Å². The fraction of sp³-hybridized carbons (Fsp3) is 0.484. The van der Waals surface area contributed by atoms with Gasteiger partial charge in [0.2, 0.25) is 0 Å². The van der Waals surface area contributed by atoms with E-state index in [0.717, 1.165) is 31.2 Å². The van der Waals surface area contributed by atoms with Crippen molar-refractivity contribution in [2.24, 2.45) is 11.8 Å². The lowest BCUT2D eigenvalue weighted by Gasteiger charge is -2.29. The summed E-state index contributed by atoms with van der Waals surface area (Å²) < 4.78 is 79.2. The van der Waals surface area contributed by atoms with E-state index in [9.17, 15) is 31.5 Å². The van der Waals surface area contributed by atoms with E-state index in [2.05, 4.69) is 0 Å². The molecule has 0 aromatic heterocycles. The van der Waals surface area contributed by atoms with Gasteiger partial charge in [-0.25, -0.2) is 9.59 Å². The van der Waals surface area contributed by atoms with Crippen molar-refractivity contribution < 1.29 is 45.8 Å². The first kappa shape index (κ1) is 33.7. The molecule has 0 spiro atoms. The maximum atomic E-state index is 13.1. The van der Waals surface area contributed by atoms with Crippen LogP contribution in [0.15, 0.2) is 48.5 Å². The molecule has 236 valence electrons. The van der Waals surface area contributed by atoms with Crippen LogP contribution in [0.2, 0.25) is 0 Å². The lowest BCUT2D eigenvalue weighted by Crippen LogP contribution is -2.36. The first-order chi connectivity index (χ1) is 20.3. The lowest BCUT2D eigenvalue weighted by molar-refractivity contribution is -0.284. The summed E-state index contributed by atoms with van der Waals surface area (Å²) >= 11 is 0. The van der Waals surface area contributed by atoms with Crippen molar-refractivity contribution in [2.75, 3.05) is 31.3 Å².